The molecule has 3 rings (SSSR count). The molecule has 0 atom stereocenters. The highest BCUT2D eigenvalue weighted by Crippen LogP contribution is 2.36. The van der Waals surface area contributed by atoms with Crippen LogP contribution in [-0.4, -0.2) is 4.98 Å². The van der Waals surface area contributed by atoms with Crippen molar-refractivity contribution in [3.05, 3.63) is 64.5 Å². The first-order chi connectivity index (χ1) is 12.0. The summed E-state index contributed by atoms with van der Waals surface area (Å²) in [7, 11) is 0. The number of halogens is 6. The standard InChI is InChI=1S/C18H11F6NS/c1-10-6-12(8-14(7-10)18(22,23)24)16-25-15(9-26-16)11-2-4-13(5-3-11)17(19,20)21/h2-9H,1H3. The molecule has 2 aromatic carbocycles. The van der Waals surface area contributed by atoms with Gasteiger partial charge in [-0.05, 0) is 42.8 Å². The fourth-order valence-corrected chi connectivity index (χ4v) is 3.26. The SMILES string of the molecule is Cc1cc(-c2nc(-c3ccc(C(F)(F)F)cc3)cs2)cc(C(F)(F)F)c1. The van der Waals surface area contributed by atoms with Gasteiger partial charge in [-0.15, -0.1) is 11.3 Å². The third-order valence-electron chi connectivity index (χ3n) is 3.66. The van der Waals surface area contributed by atoms with Gasteiger partial charge in [0.2, 0.25) is 0 Å². The lowest BCUT2D eigenvalue weighted by molar-refractivity contribution is -0.138. The number of benzene rings is 2. The highest BCUT2D eigenvalue weighted by molar-refractivity contribution is 7.13. The van der Waals surface area contributed by atoms with Crippen molar-refractivity contribution in [3.63, 3.8) is 0 Å². The van der Waals surface area contributed by atoms with Gasteiger partial charge in [0, 0.05) is 16.5 Å². The molecule has 0 saturated carbocycles. The topological polar surface area (TPSA) is 12.9 Å². The van der Waals surface area contributed by atoms with Crippen molar-refractivity contribution in [1.29, 1.82) is 0 Å². The highest BCUT2D eigenvalue weighted by atomic mass is 32.1. The van der Waals surface area contributed by atoms with E-state index in [9.17, 15) is 26.3 Å². The molecule has 3 aromatic rings. The average molecular weight is 387 g/mol. The molecule has 0 N–H and O–H groups in total. The Labute approximate surface area is 148 Å². The van der Waals surface area contributed by atoms with E-state index < -0.39 is 23.5 Å². The third kappa shape index (κ3) is 3.90. The van der Waals surface area contributed by atoms with E-state index in [-0.39, 0.29) is 0 Å². The minimum Gasteiger partial charge on any atom is -0.236 e. The molecule has 0 radical (unpaired) electrons. The van der Waals surface area contributed by atoms with Gasteiger partial charge >= 0.3 is 12.4 Å². The molecule has 1 heterocycles. The van der Waals surface area contributed by atoms with Crippen molar-refractivity contribution in [3.8, 4) is 21.8 Å². The molecule has 0 unspecified atom stereocenters. The number of hydrogen-bond acceptors (Lipinski definition) is 2. The highest BCUT2D eigenvalue weighted by Gasteiger charge is 2.31. The number of hydrogen-bond donors (Lipinski definition) is 0. The maximum Gasteiger partial charge on any atom is 0.416 e. The third-order valence-corrected chi connectivity index (χ3v) is 4.56. The summed E-state index contributed by atoms with van der Waals surface area (Å²) in [6.45, 7) is 1.56. The van der Waals surface area contributed by atoms with Crippen molar-refractivity contribution >= 4 is 11.3 Å². The molecule has 0 saturated heterocycles. The minimum absolute atomic E-state index is 0.320. The van der Waals surface area contributed by atoms with Gasteiger partial charge in [-0.2, -0.15) is 26.3 Å². The van der Waals surface area contributed by atoms with E-state index in [1.54, 1.807) is 18.4 Å². The maximum absolute atomic E-state index is 13.0. The second-order valence-corrected chi connectivity index (χ2v) is 6.56. The van der Waals surface area contributed by atoms with Gasteiger partial charge in [0.25, 0.3) is 0 Å². The van der Waals surface area contributed by atoms with Crippen LogP contribution in [0, 0.1) is 6.92 Å². The molecule has 1 aromatic heterocycles. The Kier molecular flexibility index (Phi) is 4.56. The Bertz CT molecular complexity index is 922. The Morgan fingerprint density at radius 1 is 0.769 bits per heavy atom. The second kappa shape index (κ2) is 6.42. The second-order valence-electron chi connectivity index (χ2n) is 5.70. The smallest absolute Gasteiger partial charge is 0.236 e. The van der Waals surface area contributed by atoms with E-state index in [4.69, 9.17) is 0 Å². The maximum atomic E-state index is 13.0. The summed E-state index contributed by atoms with van der Waals surface area (Å²) < 4.78 is 76.7. The predicted molar refractivity (Wildman–Crippen MR) is 87.7 cm³/mol. The van der Waals surface area contributed by atoms with Crippen LogP contribution < -0.4 is 0 Å². The van der Waals surface area contributed by atoms with Crippen molar-refractivity contribution in [2.75, 3.05) is 0 Å². The Hall–Kier alpha value is -2.35. The number of nitrogens with zero attached hydrogens (tertiary/aromatic N) is 1. The summed E-state index contributed by atoms with van der Waals surface area (Å²) in [5, 5.41) is 1.97. The Morgan fingerprint density at radius 2 is 1.38 bits per heavy atom. The normalized spacial score (nSPS) is 12.4. The number of aromatic nitrogens is 1. The molecular weight excluding hydrogens is 376 g/mol. The Morgan fingerprint density at radius 3 is 1.96 bits per heavy atom. The molecule has 0 aliphatic rings. The van der Waals surface area contributed by atoms with E-state index in [0.717, 1.165) is 35.6 Å². The summed E-state index contributed by atoms with van der Waals surface area (Å²) in [5.41, 5.74) is 0.101. The van der Waals surface area contributed by atoms with E-state index >= 15 is 0 Å². The van der Waals surface area contributed by atoms with Gasteiger partial charge in [0.05, 0.1) is 16.8 Å². The minimum atomic E-state index is -4.46. The molecule has 0 bridgehead atoms. The van der Waals surface area contributed by atoms with Crippen LogP contribution in [0.15, 0.2) is 47.8 Å². The monoisotopic (exact) mass is 387 g/mol. The van der Waals surface area contributed by atoms with Crippen LogP contribution in [0.5, 0.6) is 0 Å². The summed E-state index contributed by atoms with van der Waals surface area (Å²) >= 11 is 1.13. The zero-order chi connectivity index (χ0) is 19.1. The van der Waals surface area contributed by atoms with Gasteiger partial charge in [0.15, 0.2) is 0 Å². The van der Waals surface area contributed by atoms with E-state index in [0.29, 0.717) is 27.4 Å². The quantitative estimate of drug-likeness (QED) is 0.440. The average Bonchev–Trinajstić information content (AvgIpc) is 3.03. The lowest BCUT2D eigenvalue weighted by Crippen LogP contribution is -2.05. The number of thiazole rings is 1. The van der Waals surface area contributed by atoms with Crippen LogP contribution in [0.4, 0.5) is 26.3 Å². The van der Waals surface area contributed by atoms with Crippen LogP contribution in [0.1, 0.15) is 16.7 Å². The molecule has 26 heavy (non-hydrogen) atoms. The van der Waals surface area contributed by atoms with E-state index in [1.165, 1.54) is 12.1 Å². The van der Waals surface area contributed by atoms with Gasteiger partial charge in [-0.25, -0.2) is 4.98 Å². The van der Waals surface area contributed by atoms with Crippen molar-refractivity contribution in [2.45, 2.75) is 19.3 Å². The first kappa shape index (κ1) is 18.4. The first-order valence-electron chi connectivity index (χ1n) is 7.36. The van der Waals surface area contributed by atoms with Crippen molar-refractivity contribution in [1.82, 2.24) is 4.98 Å². The summed E-state index contributed by atoms with van der Waals surface area (Å²) in [5.74, 6) is 0. The molecular formula is C18H11F6NS. The van der Waals surface area contributed by atoms with Gasteiger partial charge < -0.3 is 0 Å². The largest absolute Gasteiger partial charge is 0.416 e. The lowest BCUT2D eigenvalue weighted by Gasteiger charge is -2.09. The number of aryl methyl sites for hydroxylation is 1. The van der Waals surface area contributed by atoms with Crippen molar-refractivity contribution < 1.29 is 26.3 Å². The molecule has 1 nitrogen and oxygen atoms in total. The summed E-state index contributed by atoms with van der Waals surface area (Å²) in [4.78, 5) is 4.28. The van der Waals surface area contributed by atoms with Gasteiger partial charge in [-0.3, -0.25) is 0 Å². The first-order valence-corrected chi connectivity index (χ1v) is 8.24. The molecule has 0 aliphatic carbocycles. The number of rotatable bonds is 2. The van der Waals surface area contributed by atoms with E-state index in [1.807, 2.05) is 0 Å². The molecule has 0 amide bonds. The molecule has 0 fully saturated rings. The van der Waals surface area contributed by atoms with Crippen LogP contribution >= 0.6 is 11.3 Å². The zero-order valence-electron chi connectivity index (χ0n) is 13.2. The lowest BCUT2D eigenvalue weighted by atomic mass is 10.1. The van der Waals surface area contributed by atoms with Gasteiger partial charge in [-0.1, -0.05) is 12.1 Å². The fourth-order valence-electron chi connectivity index (χ4n) is 2.44. The van der Waals surface area contributed by atoms with E-state index in [2.05, 4.69) is 4.98 Å². The van der Waals surface area contributed by atoms with Crippen LogP contribution in [0.25, 0.3) is 21.8 Å². The Balaban J connectivity index is 1.95. The molecule has 0 aliphatic heterocycles. The summed E-state index contributed by atoms with van der Waals surface area (Å²) in [6, 6.07) is 8.13. The number of alkyl halides is 6. The van der Waals surface area contributed by atoms with Crippen LogP contribution in [0.2, 0.25) is 0 Å². The zero-order valence-corrected chi connectivity index (χ0v) is 14.1. The molecule has 0 spiro atoms. The molecule has 8 heteroatoms. The fraction of sp³-hybridized carbons (Fsp3) is 0.167. The van der Waals surface area contributed by atoms with Crippen molar-refractivity contribution in [2.24, 2.45) is 0 Å². The summed E-state index contributed by atoms with van der Waals surface area (Å²) in [6.07, 6.45) is -8.89. The molecule has 136 valence electrons. The van der Waals surface area contributed by atoms with Crippen LogP contribution in [0.3, 0.4) is 0 Å². The van der Waals surface area contributed by atoms with Crippen LogP contribution in [-0.2, 0) is 12.4 Å². The van der Waals surface area contributed by atoms with Gasteiger partial charge in [0.1, 0.15) is 5.01 Å². The predicted octanol–water partition coefficient (Wildman–Crippen LogP) is 6.82.